The molecule has 0 bridgehead atoms. The van der Waals surface area contributed by atoms with Crippen LogP contribution in [0.15, 0.2) is 29.2 Å². The van der Waals surface area contributed by atoms with Gasteiger partial charge in [-0.1, -0.05) is 36.1 Å². The number of thiocarbonyl (C=S) groups is 1. The van der Waals surface area contributed by atoms with Gasteiger partial charge in [0.2, 0.25) is 0 Å². The van der Waals surface area contributed by atoms with Gasteiger partial charge in [-0.2, -0.15) is 0 Å². The van der Waals surface area contributed by atoms with E-state index in [0.717, 1.165) is 5.56 Å². The summed E-state index contributed by atoms with van der Waals surface area (Å²) in [7, 11) is 0. The molecule has 0 radical (unpaired) electrons. The molecule has 0 aromatic heterocycles. The molecule has 1 aliphatic rings. The Labute approximate surface area is 111 Å². The van der Waals surface area contributed by atoms with Gasteiger partial charge in [0, 0.05) is 3.57 Å². The monoisotopic (exact) mass is 347 g/mol. The zero-order chi connectivity index (χ0) is 10.8. The first-order valence-corrected chi connectivity index (χ1v) is 6.46. The first kappa shape index (κ1) is 11.1. The second-order valence-corrected chi connectivity index (χ2v) is 5.87. The molecule has 15 heavy (non-hydrogen) atoms. The molecule has 1 heterocycles. The quantitative estimate of drug-likeness (QED) is 0.481. The van der Waals surface area contributed by atoms with Gasteiger partial charge in [0.25, 0.3) is 5.91 Å². The first-order chi connectivity index (χ1) is 7.15. The summed E-state index contributed by atoms with van der Waals surface area (Å²) in [5, 5.41) is 2.58. The first-order valence-electron chi connectivity index (χ1n) is 4.15. The van der Waals surface area contributed by atoms with Crippen LogP contribution in [0.25, 0.3) is 6.08 Å². The van der Waals surface area contributed by atoms with Crippen LogP contribution >= 0.6 is 46.6 Å². The Morgan fingerprint density at radius 1 is 1.33 bits per heavy atom. The van der Waals surface area contributed by atoms with Crippen molar-refractivity contribution in [3.05, 3.63) is 38.3 Å². The van der Waals surface area contributed by atoms with Crippen LogP contribution in [0.3, 0.4) is 0 Å². The van der Waals surface area contributed by atoms with E-state index < -0.39 is 0 Å². The Hall–Kier alpha value is -0.400. The van der Waals surface area contributed by atoms with E-state index in [2.05, 4.69) is 27.9 Å². The van der Waals surface area contributed by atoms with E-state index in [1.54, 1.807) is 0 Å². The fourth-order valence-corrected chi connectivity index (χ4v) is 2.54. The summed E-state index contributed by atoms with van der Waals surface area (Å²) in [5.41, 5.74) is 1.01. The Bertz CT molecular complexity index is 453. The minimum absolute atomic E-state index is 0.108. The van der Waals surface area contributed by atoms with Crippen molar-refractivity contribution in [2.75, 3.05) is 0 Å². The average molecular weight is 347 g/mol. The van der Waals surface area contributed by atoms with Crippen molar-refractivity contribution in [1.82, 2.24) is 5.32 Å². The van der Waals surface area contributed by atoms with E-state index in [9.17, 15) is 4.79 Å². The minimum Gasteiger partial charge on any atom is -0.307 e. The van der Waals surface area contributed by atoms with Gasteiger partial charge in [0.1, 0.15) is 4.32 Å². The fourth-order valence-electron chi connectivity index (χ4n) is 1.13. The molecule has 1 aliphatic heterocycles. The highest BCUT2D eigenvalue weighted by Gasteiger charge is 2.21. The van der Waals surface area contributed by atoms with Crippen molar-refractivity contribution in [1.29, 1.82) is 0 Å². The van der Waals surface area contributed by atoms with Crippen LogP contribution in [0.5, 0.6) is 0 Å². The molecule has 1 aromatic rings. The topological polar surface area (TPSA) is 29.1 Å². The normalized spacial score (nSPS) is 18.3. The summed E-state index contributed by atoms with van der Waals surface area (Å²) < 4.78 is 1.70. The zero-order valence-electron chi connectivity index (χ0n) is 7.49. The van der Waals surface area contributed by atoms with E-state index >= 15 is 0 Å². The summed E-state index contributed by atoms with van der Waals surface area (Å²) in [4.78, 5) is 12.0. The number of halogens is 1. The maximum Gasteiger partial charge on any atom is 0.263 e. The molecule has 0 atom stereocenters. The predicted molar refractivity (Wildman–Crippen MR) is 75.5 cm³/mol. The van der Waals surface area contributed by atoms with Gasteiger partial charge in [0.15, 0.2) is 0 Å². The average Bonchev–Trinajstić information content (AvgIpc) is 2.49. The van der Waals surface area contributed by atoms with Crippen LogP contribution in [-0.2, 0) is 4.79 Å². The number of thioether (sulfide) groups is 1. The Morgan fingerprint density at radius 2 is 2.00 bits per heavy atom. The second kappa shape index (κ2) is 4.63. The van der Waals surface area contributed by atoms with E-state index in [0.29, 0.717) is 9.23 Å². The Morgan fingerprint density at radius 3 is 2.53 bits per heavy atom. The number of hydrogen-bond donors (Lipinski definition) is 1. The molecular formula is C10H6INOS2. The number of nitrogens with one attached hydrogen (secondary N) is 1. The summed E-state index contributed by atoms with van der Waals surface area (Å²) >= 11 is 8.44. The van der Waals surface area contributed by atoms with Crippen LogP contribution in [0, 0.1) is 3.57 Å². The lowest BCUT2D eigenvalue weighted by Crippen LogP contribution is -2.17. The molecule has 0 unspecified atom stereocenters. The Kier molecular flexibility index (Phi) is 3.42. The smallest absolute Gasteiger partial charge is 0.263 e. The number of hydrogen-bond acceptors (Lipinski definition) is 3. The summed E-state index contributed by atoms with van der Waals surface area (Å²) in [6, 6.07) is 7.96. The van der Waals surface area contributed by atoms with Gasteiger partial charge in [-0.3, -0.25) is 4.79 Å². The van der Waals surface area contributed by atoms with Crippen molar-refractivity contribution in [3.8, 4) is 0 Å². The maximum atomic E-state index is 11.4. The highest BCUT2D eigenvalue weighted by atomic mass is 127. The van der Waals surface area contributed by atoms with Crippen molar-refractivity contribution in [2.24, 2.45) is 0 Å². The van der Waals surface area contributed by atoms with Crippen LogP contribution in [0.1, 0.15) is 5.56 Å². The summed E-state index contributed by atoms with van der Waals surface area (Å²) in [5.74, 6) is -0.108. The molecule has 0 spiro atoms. The van der Waals surface area contributed by atoms with Gasteiger partial charge in [-0.05, 0) is 46.4 Å². The molecular weight excluding hydrogens is 341 g/mol. The highest BCUT2D eigenvalue weighted by Crippen LogP contribution is 2.25. The van der Waals surface area contributed by atoms with Gasteiger partial charge >= 0.3 is 0 Å². The predicted octanol–water partition coefficient (Wildman–Crippen LogP) is 2.78. The summed E-state index contributed by atoms with van der Waals surface area (Å²) in [6.45, 7) is 0. The summed E-state index contributed by atoms with van der Waals surface area (Å²) in [6.07, 6.45) is 1.84. The van der Waals surface area contributed by atoms with Crippen LogP contribution < -0.4 is 5.32 Å². The van der Waals surface area contributed by atoms with Crippen molar-refractivity contribution in [3.63, 3.8) is 0 Å². The molecule has 1 amide bonds. The van der Waals surface area contributed by atoms with Gasteiger partial charge < -0.3 is 5.32 Å². The Balaban J connectivity index is 2.27. The number of amides is 1. The molecule has 1 N–H and O–H groups in total. The maximum absolute atomic E-state index is 11.4. The van der Waals surface area contributed by atoms with Crippen molar-refractivity contribution >= 4 is 62.9 Å². The molecule has 5 heteroatoms. The van der Waals surface area contributed by atoms with Gasteiger partial charge in [0.05, 0.1) is 4.91 Å². The van der Waals surface area contributed by atoms with Crippen LogP contribution in [0.4, 0.5) is 0 Å². The molecule has 1 aromatic carbocycles. The molecule has 76 valence electrons. The molecule has 2 rings (SSSR count). The number of carbonyl (C=O) groups is 1. The highest BCUT2D eigenvalue weighted by molar-refractivity contribution is 14.1. The third-order valence-electron chi connectivity index (χ3n) is 1.81. The lowest BCUT2D eigenvalue weighted by molar-refractivity contribution is -0.115. The third-order valence-corrected chi connectivity index (χ3v) is 3.69. The lowest BCUT2D eigenvalue weighted by Gasteiger charge is -1.95. The van der Waals surface area contributed by atoms with E-state index in [4.69, 9.17) is 12.2 Å². The third kappa shape index (κ3) is 2.79. The lowest BCUT2D eigenvalue weighted by atomic mass is 10.2. The number of rotatable bonds is 1. The standard InChI is InChI=1S/C10H6INOS2/c11-7-3-1-6(2-4-7)5-8-9(13)12-10(14)15-8/h1-5H,(H,12,13,14). The largest absolute Gasteiger partial charge is 0.307 e. The van der Waals surface area contributed by atoms with Crippen molar-refractivity contribution < 1.29 is 4.79 Å². The van der Waals surface area contributed by atoms with E-state index in [-0.39, 0.29) is 5.91 Å². The van der Waals surface area contributed by atoms with E-state index in [1.807, 2.05) is 30.3 Å². The van der Waals surface area contributed by atoms with Gasteiger partial charge in [-0.15, -0.1) is 0 Å². The fraction of sp³-hybridized carbons (Fsp3) is 0. The number of carbonyl (C=O) groups excluding carboxylic acids is 1. The minimum atomic E-state index is -0.108. The molecule has 2 nitrogen and oxygen atoms in total. The van der Waals surface area contributed by atoms with Crippen molar-refractivity contribution in [2.45, 2.75) is 0 Å². The number of benzene rings is 1. The molecule has 0 saturated carbocycles. The zero-order valence-corrected chi connectivity index (χ0v) is 11.3. The SMILES string of the molecule is O=C1NC(=S)SC1=Cc1ccc(I)cc1. The molecule has 1 fully saturated rings. The van der Waals surface area contributed by atoms with Crippen LogP contribution in [-0.4, -0.2) is 10.2 Å². The van der Waals surface area contributed by atoms with Gasteiger partial charge in [-0.25, -0.2) is 0 Å². The van der Waals surface area contributed by atoms with Crippen LogP contribution in [0.2, 0.25) is 0 Å². The van der Waals surface area contributed by atoms with E-state index in [1.165, 1.54) is 15.3 Å². The molecule has 0 aliphatic carbocycles. The molecule has 1 saturated heterocycles. The second-order valence-electron chi connectivity index (χ2n) is 2.90.